The van der Waals surface area contributed by atoms with Crippen molar-refractivity contribution in [2.24, 2.45) is 5.92 Å². The molecule has 0 amide bonds. The second-order valence-electron chi connectivity index (χ2n) is 8.52. The van der Waals surface area contributed by atoms with Crippen LogP contribution in [0.5, 0.6) is 0 Å². The molecule has 0 N–H and O–H groups in total. The Bertz CT molecular complexity index is 772. The Hall–Kier alpha value is -2.34. The minimum Gasteiger partial charge on any atom is -0.401 e. The number of rotatable bonds is 10. The van der Waals surface area contributed by atoms with Crippen molar-refractivity contribution in [3.8, 4) is 12.3 Å². The van der Waals surface area contributed by atoms with Crippen molar-refractivity contribution in [1.82, 2.24) is 0 Å². The van der Waals surface area contributed by atoms with E-state index in [1.807, 2.05) is 12.2 Å². The van der Waals surface area contributed by atoms with Gasteiger partial charge in [-0.25, -0.2) is 0 Å². The molecule has 0 saturated heterocycles. The number of benzene rings is 2. The first-order chi connectivity index (χ1) is 13.9. The van der Waals surface area contributed by atoms with Crippen LogP contribution < -0.4 is 10.4 Å². The molecular weight excluding hydrogens is 368 g/mol. The van der Waals surface area contributed by atoms with Gasteiger partial charge in [0.15, 0.2) is 0 Å². The molecule has 0 spiro atoms. The molecule has 0 radical (unpaired) electrons. The van der Waals surface area contributed by atoms with Gasteiger partial charge in [0.25, 0.3) is 8.32 Å². The van der Waals surface area contributed by atoms with E-state index >= 15 is 0 Å². The average Bonchev–Trinajstić information content (AvgIpc) is 2.74. The lowest BCUT2D eigenvalue weighted by atomic mass is 9.97. The molecule has 2 aromatic rings. The van der Waals surface area contributed by atoms with Crippen LogP contribution in [0.3, 0.4) is 0 Å². The first kappa shape index (κ1) is 22.9. The predicted molar refractivity (Wildman–Crippen MR) is 129 cm³/mol. The summed E-state index contributed by atoms with van der Waals surface area (Å²) in [6, 6.07) is 21.4. The monoisotopic (exact) mass is 402 g/mol. The second-order valence-corrected chi connectivity index (χ2v) is 12.8. The maximum Gasteiger partial charge on any atom is 0.261 e. The fourth-order valence-electron chi connectivity index (χ4n) is 3.98. The molecule has 0 aliphatic heterocycles. The standard InChI is InChI=1S/C27H34OSi/c1-7-10-17-23(8-2)22-24(9-3)28-29(27(4,5)6,25-18-13-11-14-19-25)26-20-15-12-16-21-26/h2,7,9,11-16,18-21,23-24H,1,3,10,17,22H2,4-6H3/t23-,24-/m0/s1. The molecule has 0 aliphatic carbocycles. The van der Waals surface area contributed by atoms with Crippen LogP contribution >= 0.6 is 0 Å². The van der Waals surface area contributed by atoms with Gasteiger partial charge in [0.1, 0.15) is 0 Å². The number of hydrogen-bond acceptors (Lipinski definition) is 1. The summed E-state index contributed by atoms with van der Waals surface area (Å²) in [6.45, 7) is 14.8. The van der Waals surface area contributed by atoms with E-state index in [4.69, 9.17) is 10.8 Å². The highest BCUT2D eigenvalue weighted by Crippen LogP contribution is 2.38. The summed E-state index contributed by atoms with van der Waals surface area (Å²) in [5.41, 5.74) is 0. The maximum absolute atomic E-state index is 7.14. The van der Waals surface area contributed by atoms with Crippen LogP contribution in [0.2, 0.25) is 5.04 Å². The van der Waals surface area contributed by atoms with Gasteiger partial charge in [0.05, 0.1) is 6.10 Å². The van der Waals surface area contributed by atoms with E-state index in [1.165, 1.54) is 10.4 Å². The zero-order chi connectivity index (χ0) is 21.3. The van der Waals surface area contributed by atoms with Crippen molar-refractivity contribution >= 4 is 18.7 Å². The Morgan fingerprint density at radius 1 is 1.00 bits per heavy atom. The van der Waals surface area contributed by atoms with Crippen molar-refractivity contribution in [2.45, 2.75) is 51.2 Å². The van der Waals surface area contributed by atoms with Crippen LogP contribution in [0.4, 0.5) is 0 Å². The lowest BCUT2D eigenvalue weighted by molar-refractivity contribution is 0.207. The zero-order valence-corrected chi connectivity index (χ0v) is 19.1. The summed E-state index contributed by atoms with van der Waals surface area (Å²) in [6.07, 6.45) is 12.2. The molecular formula is C27H34OSi. The lowest BCUT2D eigenvalue weighted by Gasteiger charge is -2.45. The minimum absolute atomic E-state index is 0.0658. The summed E-state index contributed by atoms with van der Waals surface area (Å²) in [5, 5.41) is 2.48. The van der Waals surface area contributed by atoms with Gasteiger partial charge < -0.3 is 4.43 Å². The van der Waals surface area contributed by atoms with Gasteiger partial charge >= 0.3 is 0 Å². The van der Waals surface area contributed by atoms with E-state index in [1.54, 1.807) is 0 Å². The summed E-state index contributed by atoms with van der Waals surface area (Å²) in [4.78, 5) is 0. The van der Waals surface area contributed by atoms with E-state index in [2.05, 4.69) is 101 Å². The quantitative estimate of drug-likeness (QED) is 0.280. The second kappa shape index (κ2) is 10.4. The summed E-state index contributed by atoms with van der Waals surface area (Å²) < 4.78 is 7.14. The molecule has 0 saturated carbocycles. The van der Waals surface area contributed by atoms with E-state index < -0.39 is 8.32 Å². The van der Waals surface area contributed by atoms with Crippen molar-refractivity contribution in [3.63, 3.8) is 0 Å². The third-order valence-electron chi connectivity index (χ3n) is 5.48. The van der Waals surface area contributed by atoms with Crippen LogP contribution in [-0.4, -0.2) is 14.4 Å². The van der Waals surface area contributed by atoms with Crippen molar-refractivity contribution in [2.75, 3.05) is 0 Å². The van der Waals surface area contributed by atoms with Crippen LogP contribution in [0.15, 0.2) is 86.0 Å². The van der Waals surface area contributed by atoms with E-state index in [0.717, 1.165) is 19.3 Å². The molecule has 2 atom stereocenters. The van der Waals surface area contributed by atoms with E-state index in [0.29, 0.717) is 0 Å². The number of terminal acetylenes is 1. The first-order valence-electron chi connectivity index (χ1n) is 10.4. The summed E-state index contributed by atoms with van der Waals surface area (Å²) in [7, 11) is -2.60. The lowest BCUT2D eigenvalue weighted by Crippen LogP contribution is -2.67. The molecule has 0 unspecified atom stereocenters. The highest BCUT2D eigenvalue weighted by atomic mass is 28.4. The van der Waals surface area contributed by atoms with Gasteiger partial charge in [-0.05, 0) is 34.7 Å². The molecule has 29 heavy (non-hydrogen) atoms. The smallest absolute Gasteiger partial charge is 0.261 e. The SMILES string of the molecule is C#C[C@@H](CCC=C)C[C@H](C=C)O[Si](c1ccccc1)(c1ccccc1)C(C)(C)C. The topological polar surface area (TPSA) is 9.23 Å². The van der Waals surface area contributed by atoms with E-state index in [-0.39, 0.29) is 17.1 Å². The van der Waals surface area contributed by atoms with Gasteiger partial charge in [-0.3, -0.25) is 0 Å². The molecule has 0 bridgehead atoms. The summed E-state index contributed by atoms with van der Waals surface area (Å²) >= 11 is 0. The highest BCUT2D eigenvalue weighted by Gasteiger charge is 2.51. The Morgan fingerprint density at radius 2 is 1.52 bits per heavy atom. The highest BCUT2D eigenvalue weighted by molar-refractivity contribution is 6.99. The number of hydrogen-bond donors (Lipinski definition) is 0. The van der Waals surface area contributed by atoms with Crippen LogP contribution in [0.25, 0.3) is 0 Å². The van der Waals surface area contributed by atoms with Gasteiger partial charge in [0.2, 0.25) is 0 Å². The largest absolute Gasteiger partial charge is 0.401 e. The van der Waals surface area contributed by atoms with Gasteiger partial charge in [-0.1, -0.05) is 93.6 Å². The Balaban J connectivity index is 2.53. The third-order valence-corrected chi connectivity index (χ3v) is 10.5. The maximum atomic E-state index is 7.14. The van der Waals surface area contributed by atoms with Gasteiger partial charge in [-0.2, -0.15) is 0 Å². The third kappa shape index (κ3) is 5.38. The molecule has 0 aliphatic rings. The van der Waals surface area contributed by atoms with E-state index in [9.17, 15) is 0 Å². The van der Waals surface area contributed by atoms with Crippen molar-refractivity contribution in [3.05, 3.63) is 86.0 Å². The van der Waals surface area contributed by atoms with Crippen LogP contribution in [-0.2, 0) is 4.43 Å². The fraction of sp³-hybridized carbons (Fsp3) is 0.333. The molecule has 152 valence electrons. The molecule has 0 aromatic heterocycles. The summed E-state index contributed by atoms with van der Waals surface area (Å²) in [5.74, 6) is 3.09. The molecule has 0 fully saturated rings. The molecule has 2 rings (SSSR count). The van der Waals surface area contributed by atoms with Crippen molar-refractivity contribution < 1.29 is 4.43 Å². The van der Waals surface area contributed by atoms with Crippen LogP contribution in [0, 0.1) is 18.3 Å². The average molecular weight is 403 g/mol. The molecule has 2 aromatic carbocycles. The Labute approximate surface area is 178 Å². The molecule has 1 nitrogen and oxygen atoms in total. The molecule has 2 heteroatoms. The Morgan fingerprint density at radius 3 is 1.90 bits per heavy atom. The van der Waals surface area contributed by atoms with Gasteiger partial charge in [-0.15, -0.1) is 25.5 Å². The fourth-order valence-corrected chi connectivity index (χ4v) is 8.64. The van der Waals surface area contributed by atoms with Crippen molar-refractivity contribution in [1.29, 1.82) is 0 Å². The first-order valence-corrected chi connectivity index (χ1v) is 12.3. The predicted octanol–water partition coefficient (Wildman–Crippen LogP) is 5.72. The molecule has 0 heterocycles. The zero-order valence-electron chi connectivity index (χ0n) is 18.1. The normalized spacial score (nSPS) is 13.9. The van der Waals surface area contributed by atoms with Gasteiger partial charge in [0, 0.05) is 5.92 Å². The minimum atomic E-state index is -2.60. The van der Waals surface area contributed by atoms with Crippen LogP contribution in [0.1, 0.15) is 40.0 Å². The number of allylic oxidation sites excluding steroid dienone is 1. The Kier molecular flexibility index (Phi) is 8.26.